The summed E-state index contributed by atoms with van der Waals surface area (Å²) in [6.07, 6.45) is 0. The molecule has 1 aromatic carbocycles. The van der Waals surface area contributed by atoms with E-state index in [0.717, 1.165) is 5.71 Å². The molecule has 0 aliphatic heterocycles. The zero-order valence-corrected chi connectivity index (χ0v) is 11.4. The maximum Gasteiger partial charge on any atom is 0.106 e. The van der Waals surface area contributed by atoms with Crippen molar-refractivity contribution in [2.45, 2.75) is 41.5 Å². The third kappa shape index (κ3) is 1.97. The fourth-order valence-corrected chi connectivity index (χ4v) is 2.23. The Labute approximate surface area is 98.3 Å². The minimum Gasteiger partial charge on any atom is -0.399 e. The summed E-state index contributed by atoms with van der Waals surface area (Å²) in [5, 5.41) is 4.05. The molecular formula is C14H21NO. The summed E-state index contributed by atoms with van der Waals surface area (Å²) < 4.78 is 0. The molecule has 0 N–H and O–H groups in total. The highest BCUT2D eigenvalue weighted by Gasteiger charge is 2.14. The van der Waals surface area contributed by atoms with E-state index in [1.807, 2.05) is 6.92 Å². The molecule has 1 aromatic rings. The molecule has 0 bridgehead atoms. The van der Waals surface area contributed by atoms with E-state index in [1.165, 1.54) is 33.4 Å². The molecule has 0 radical (unpaired) electrons. The average Bonchev–Trinajstić information content (AvgIpc) is 2.24. The van der Waals surface area contributed by atoms with Crippen LogP contribution in [0, 0.1) is 34.6 Å². The van der Waals surface area contributed by atoms with Gasteiger partial charge in [-0.05, 0) is 69.4 Å². The van der Waals surface area contributed by atoms with Gasteiger partial charge in [0.05, 0.1) is 5.71 Å². The molecule has 0 atom stereocenters. The third-order valence-corrected chi connectivity index (χ3v) is 3.59. The Kier molecular flexibility index (Phi) is 3.74. The van der Waals surface area contributed by atoms with Crippen molar-refractivity contribution < 1.29 is 4.84 Å². The molecular weight excluding hydrogens is 198 g/mol. The molecule has 0 unspecified atom stereocenters. The minimum absolute atomic E-state index is 0.948. The summed E-state index contributed by atoms with van der Waals surface area (Å²) in [6, 6.07) is 0. The van der Waals surface area contributed by atoms with Crippen molar-refractivity contribution in [1.29, 1.82) is 0 Å². The van der Waals surface area contributed by atoms with E-state index < -0.39 is 0 Å². The summed E-state index contributed by atoms with van der Waals surface area (Å²) in [5.41, 5.74) is 8.86. The van der Waals surface area contributed by atoms with Crippen LogP contribution in [0.4, 0.5) is 0 Å². The normalized spacial score (nSPS) is 11.8. The summed E-state index contributed by atoms with van der Waals surface area (Å²) >= 11 is 0. The lowest BCUT2D eigenvalue weighted by molar-refractivity contribution is 0.213. The van der Waals surface area contributed by atoms with Crippen LogP contribution in [0.1, 0.15) is 40.3 Å². The Morgan fingerprint density at radius 3 is 1.56 bits per heavy atom. The summed E-state index contributed by atoms with van der Waals surface area (Å²) in [7, 11) is 1.59. The van der Waals surface area contributed by atoms with E-state index in [2.05, 4.69) is 39.8 Å². The zero-order chi connectivity index (χ0) is 12.5. The zero-order valence-electron chi connectivity index (χ0n) is 11.4. The Morgan fingerprint density at radius 2 is 1.19 bits per heavy atom. The van der Waals surface area contributed by atoms with Crippen LogP contribution in [0.2, 0.25) is 0 Å². The van der Waals surface area contributed by atoms with Crippen molar-refractivity contribution >= 4 is 5.71 Å². The van der Waals surface area contributed by atoms with Crippen LogP contribution in [0.15, 0.2) is 5.16 Å². The second-order valence-electron chi connectivity index (χ2n) is 4.36. The predicted molar refractivity (Wildman–Crippen MR) is 69.3 cm³/mol. The van der Waals surface area contributed by atoms with E-state index in [4.69, 9.17) is 4.84 Å². The van der Waals surface area contributed by atoms with Gasteiger partial charge in [-0.15, -0.1) is 0 Å². The van der Waals surface area contributed by atoms with Crippen LogP contribution in [0.25, 0.3) is 0 Å². The standard InChI is InChI=1S/C14H21NO/c1-8-9(2)11(4)14(12(5)10(8)3)13(6)15-16-7/h1-7H3. The molecule has 2 nitrogen and oxygen atoms in total. The summed E-state index contributed by atoms with van der Waals surface area (Å²) in [5.74, 6) is 0. The Morgan fingerprint density at radius 1 is 0.812 bits per heavy atom. The average molecular weight is 219 g/mol. The van der Waals surface area contributed by atoms with Crippen LogP contribution >= 0.6 is 0 Å². The van der Waals surface area contributed by atoms with E-state index in [-0.39, 0.29) is 0 Å². The molecule has 16 heavy (non-hydrogen) atoms. The van der Waals surface area contributed by atoms with Gasteiger partial charge >= 0.3 is 0 Å². The van der Waals surface area contributed by atoms with Gasteiger partial charge in [-0.3, -0.25) is 0 Å². The van der Waals surface area contributed by atoms with Gasteiger partial charge in [0.15, 0.2) is 0 Å². The van der Waals surface area contributed by atoms with Crippen LogP contribution < -0.4 is 0 Å². The number of hydrogen-bond donors (Lipinski definition) is 0. The van der Waals surface area contributed by atoms with Crippen molar-refractivity contribution in [3.05, 3.63) is 33.4 Å². The molecule has 0 aromatic heterocycles. The van der Waals surface area contributed by atoms with Gasteiger partial charge in [-0.1, -0.05) is 5.16 Å². The molecule has 0 fully saturated rings. The number of hydrogen-bond acceptors (Lipinski definition) is 2. The van der Waals surface area contributed by atoms with E-state index in [0.29, 0.717) is 0 Å². The molecule has 0 saturated heterocycles. The molecule has 88 valence electrons. The van der Waals surface area contributed by atoms with Crippen LogP contribution in [-0.2, 0) is 4.84 Å². The van der Waals surface area contributed by atoms with Gasteiger partial charge in [-0.25, -0.2) is 0 Å². The lowest BCUT2D eigenvalue weighted by Gasteiger charge is -2.18. The van der Waals surface area contributed by atoms with Crippen LogP contribution in [-0.4, -0.2) is 12.8 Å². The van der Waals surface area contributed by atoms with E-state index in [1.54, 1.807) is 7.11 Å². The molecule has 0 aliphatic carbocycles. The van der Waals surface area contributed by atoms with Crippen molar-refractivity contribution in [3.8, 4) is 0 Å². The van der Waals surface area contributed by atoms with Gasteiger partial charge in [0.2, 0.25) is 0 Å². The first-order chi connectivity index (χ1) is 7.41. The number of nitrogens with zero attached hydrogens (tertiary/aromatic N) is 1. The maximum absolute atomic E-state index is 4.87. The second kappa shape index (κ2) is 4.69. The first kappa shape index (κ1) is 12.8. The lowest BCUT2D eigenvalue weighted by atomic mass is 9.88. The van der Waals surface area contributed by atoms with Gasteiger partial charge in [0, 0.05) is 5.56 Å². The fraction of sp³-hybridized carbons (Fsp3) is 0.500. The van der Waals surface area contributed by atoms with Crippen molar-refractivity contribution in [2.24, 2.45) is 5.16 Å². The highest BCUT2D eigenvalue weighted by Crippen LogP contribution is 2.26. The Bertz CT molecular complexity index is 416. The van der Waals surface area contributed by atoms with Crippen molar-refractivity contribution in [2.75, 3.05) is 7.11 Å². The van der Waals surface area contributed by atoms with Crippen molar-refractivity contribution in [1.82, 2.24) is 0 Å². The molecule has 0 saturated carbocycles. The molecule has 0 heterocycles. The van der Waals surface area contributed by atoms with Gasteiger partial charge in [0.25, 0.3) is 0 Å². The topological polar surface area (TPSA) is 21.6 Å². The first-order valence-electron chi connectivity index (χ1n) is 5.56. The van der Waals surface area contributed by atoms with Crippen LogP contribution in [0.5, 0.6) is 0 Å². The quantitative estimate of drug-likeness (QED) is 0.550. The smallest absolute Gasteiger partial charge is 0.106 e. The highest BCUT2D eigenvalue weighted by atomic mass is 16.6. The molecule has 0 spiro atoms. The lowest BCUT2D eigenvalue weighted by Crippen LogP contribution is -2.07. The predicted octanol–water partition coefficient (Wildman–Crippen LogP) is 3.60. The first-order valence-corrected chi connectivity index (χ1v) is 5.56. The summed E-state index contributed by atoms with van der Waals surface area (Å²) in [6.45, 7) is 12.8. The minimum atomic E-state index is 0.948. The van der Waals surface area contributed by atoms with Gasteiger partial charge in [-0.2, -0.15) is 0 Å². The number of oxime groups is 1. The molecule has 2 heteroatoms. The molecule has 0 aliphatic rings. The number of rotatable bonds is 2. The molecule has 0 amide bonds. The monoisotopic (exact) mass is 219 g/mol. The largest absolute Gasteiger partial charge is 0.399 e. The fourth-order valence-electron chi connectivity index (χ4n) is 2.23. The SMILES string of the molecule is CON=C(C)c1c(C)c(C)c(C)c(C)c1C. The summed E-state index contributed by atoms with van der Waals surface area (Å²) in [4.78, 5) is 4.87. The second-order valence-corrected chi connectivity index (χ2v) is 4.36. The van der Waals surface area contributed by atoms with Crippen LogP contribution in [0.3, 0.4) is 0 Å². The highest BCUT2D eigenvalue weighted by molar-refractivity contribution is 6.01. The number of benzene rings is 1. The van der Waals surface area contributed by atoms with Gasteiger partial charge in [0.1, 0.15) is 7.11 Å². The van der Waals surface area contributed by atoms with Crippen molar-refractivity contribution in [3.63, 3.8) is 0 Å². The Hall–Kier alpha value is -1.31. The Balaban J connectivity index is 3.58. The molecule has 1 rings (SSSR count). The van der Waals surface area contributed by atoms with Gasteiger partial charge < -0.3 is 4.84 Å². The van der Waals surface area contributed by atoms with E-state index >= 15 is 0 Å². The third-order valence-electron chi connectivity index (χ3n) is 3.59. The maximum atomic E-state index is 4.87. The van der Waals surface area contributed by atoms with E-state index in [9.17, 15) is 0 Å².